The molecule has 7 nitrogen and oxygen atoms in total. The average molecular weight is 350 g/mol. The van der Waals surface area contributed by atoms with E-state index in [9.17, 15) is 14.4 Å². The minimum absolute atomic E-state index is 0.112. The minimum Gasteiger partial charge on any atom is -0.337 e. The molecule has 0 aromatic heterocycles. The Hall–Kier alpha value is -1.63. The number of imide groups is 1. The molecule has 1 saturated carbocycles. The lowest BCUT2D eigenvalue weighted by Crippen LogP contribution is -2.50. The van der Waals surface area contributed by atoms with E-state index in [1.54, 1.807) is 11.9 Å². The van der Waals surface area contributed by atoms with Crippen molar-refractivity contribution in [3.63, 3.8) is 0 Å². The highest BCUT2D eigenvalue weighted by Crippen LogP contribution is 2.39. The number of amides is 4. The molecule has 3 aliphatic rings. The van der Waals surface area contributed by atoms with Crippen LogP contribution in [0.15, 0.2) is 0 Å². The van der Waals surface area contributed by atoms with Crippen LogP contribution in [0.1, 0.15) is 51.9 Å². The average Bonchev–Trinajstić information content (AvgIpc) is 3.21. The van der Waals surface area contributed by atoms with Crippen molar-refractivity contribution in [2.75, 3.05) is 33.2 Å². The van der Waals surface area contributed by atoms with Crippen molar-refractivity contribution in [1.82, 2.24) is 20.0 Å². The van der Waals surface area contributed by atoms with Gasteiger partial charge in [0.2, 0.25) is 5.91 Å². The first kappa shape index (κ1) is 18.2. The molecule has 2 heterocycles. The topological polar surface area (TPSA) is 73.0 Å². The normalized spacial score (nSPS) is 25.9. The molecule has 1 aliphatic carbocycles. The molecule has 3 rings (SSSR count). The van der Waals surface area contributed by atoms with E-state index in [-0.39, 0.29) is 30.4 Å². The fourth-order valence-corrected chi connectivity index (χ4v) is 4.55. The van der Waals surface area contributed by atoms with Gasteiger partial charge in [-0.05, 0) is 32.2 Å². The zero-order chi connectivity index (χ0) is 18.0. The second kappa shape index (κ2) is 7.32. The van der Waals surface area contributed by atoms with E-state index in [1.165, 1.54) is 4.90 Å². The lowest BCUT2D eigenvalue weighted by Gasteiger charge is -2.36. The summed E-state index contributed by atoms with van der Waals surface area (Å²) in [5.41, 5.74) is -0.708. The monoisotopic (exact) mass is 350 g/mol. The van der Waals surface area contributed by atoms with Gasteiger partial charge in [-0.15, -0.1) is 0 Å². The highest BCUT2D eigenvalue weighted by Gasteiger charge is 2.56. The second-order valence-corrected chi connectivity index (χ2v) is 7.56. The summed E-state index contributed by atoms with van der Waals surface area (Å²) < 4.78 is 0. The smallest absolute Gasteiger partial charge is 0.327 e. The quantitative estimate of drug-likeness (QED) is 0.756. The summed E-state index contributed by atoms with van der Waals surface area (Å²) in [4.78, 5) is 43.2. The summed E-state index contributed by atoms with van der Waals surface area (Å²) in [6.07, 6.45) is 6.25. The first-order valence-electron chi connectivity index (χ1n) is 9.61. The number of rotatable bonds is 5. The number of urea groups is 1. The standard InChI is InChI=1S/C18H30N4O3/c1-3-11-21(14-7-10-19-12-14)15(23)13-22-16(24)18(20(2)17(22)25)8-5-4-6-9-18/h14,19H,3-13H2,1-2H3. The maximum atomic E-state index is 13.0. The fourth-order valence-electron chi connectivity index (χ4n) is 4.55. The lowest BCUT2D eigenvalue weighted by atomic mass is 9.81. The van der Waals surface area contributed by atoms with Gasteiger partial charge in [-0.25, -0.2) is 4.79 Å². The zero-order valence-electron chi connectivity index (χ0n) is 15.4. The van der Waals surface area contributed by atoms with Crippen LogP contribution < -0.4 is 5.32 Å². The molecule has 1 unspecified atom stereocenters. The molecule has 2 saturated heterocycles. The molecule has 1 N–H and O–H groups in total. The van der Waals surface area contributed by atoms with E-state index in [0.29, 0.717) is 19.4 Å². The number of hydrogen-bond acceptors (Lipinski definition) is 4. The SMILES string of the molecule is CCCN(C(=O)CN1C(=O)N(C)C2(CCCCC2)C1=O)C1CCNC1. The molecular formula is C18H30N4O3. The lowest BCUT2D eigenvalue weighted by molar-refractivity contribution is -0.141. The van der Waals surface area contributed by atoms with Crippen molar-refractivity contribution in [2.24, 2.45) is 0 Å². The highest BCUT2D eigenvalue weighted by molar-refractivity contribution is 6.09. The molecule has 4 amide bonds. The summed E-state index contributed by atoms with van der Waals surface area (Å²) in [5.74, 6) is -0.285. The van der Waals surface area contributed by atoms with E-state index in [4.69, 9.17) is 0 Å². The van der Waals surface area contributed by atoms with Crippen molar-refractivity contribution >= 4 is 17.8 Å². The predicted octanol–water partition coefficient (Wildman–Crippen LogP) is 1.18. The summed E-state index contributed by atoms with van der Waals surface area (Å²) >= 11 is 0. The molecule has 0 aromatic carbocycles. The van der Waals surface area contributed by atoms with Gasteiger partial charge in [0.1, 0.15) is 12.1 Å². The first-order chi connectivity index (χ1) is 12.0. The Labute approximate surface area is 149 Å². The van der Waals surface area contributed by atoms with Crippen LogP contribution >= 0.6 is 0 Å². The number of likely N-dealkylation sites (N-methyl/N-ethyl adjacent to an activating group) is 1. The Morgan fingerprint density at radius 1 is 1.28 bits per heavy atom. The van der Waals surface area contributed by atoms with E-state index in [2.05, 4.69) is 5.32 Å². The van der Waals surface area contributed by atoms with Crippen LogP contribution in [0.2, 0.25) is 0 Å². The molecule has 140 valence electrons. The summed E-state index contributed by atoms with van der Waals surface area (Å²) in [6, 6.07) is -0.150. The second-order valence-electron chi connectivity index (χ2n) is 7.56. The Morgan fingerprint density at radius 2 is 2.00 bits per heavy atom. The van der Waals surface area contributed by atoms with Gasteiger partial charge in [0.25, 0.3) is 5.91 Å². The molecule has 1 atom stereocenters. The van der Waals surface area contributed by atoms with Gasteiger partial charge in [-0.1, -0.05) is 26.2 Å². The van der Waals surface area contributed by atoms with Crippen LogP contribution in [0.4, 0.5) is 4.79 Å². The van der Waals surface area contributed by atoms with E-state index < -0.39 is 5.54 Å². The molecular weight excluding hydrogens is 320 g/mol. The minimum atomic E-state index is -0.708. The van der Waals surface area contributed by atoms with Crippen molar-refractivity contribution in [1.29, 1.82) is 0 Å². The highest BCUT2D eigenvalue weighted by atomic mass is 16.2. The first-order valence-corrected chi connectivity index (χ1v) is 9.61. The van der Waals surface area contributed by atoms with Gasteiger partial charge in [0, 0.05) is 26.2 Å². The third-order valence-electron chi connectivity index (χ3n) is 6.04. The molecule has 1 spiro atoms. The van der Waals surface area contributed by atoms with Crippen LogP contribution in [0.3, 0.4) is 0 Å². The van der Waals surface area contributed by atoms with Gasteiger partial charge in [-0.3, -0.25) is 14.5 Å². The van der Waals surface area contributed by atoms with Crippen LogP contribution in [0.5, 0.6) is 0 Å². The van der Waals surface area contributed by atoms with Crippen LogP contribution in [-0.2, 0) is 9.59 Å². The Kier molecular flexibility index (Phi) is 5.32. The van der Waals surface area contributed by atoms with Gasteiger partial charge in [0.05, 0.1) is 0 Å². The van der Waals surface area contributed by atoms with Crippen LogP contribution in [0.25, 0.3) is 0 Å². The van der Waals surface area contributed by atoms with Crippen molar-refractivity contribution in [2.45, 2.75) is 63.5 Å². The molecule has 0 radical (unpaired) electrons. The Morgan fingerprint density at radius 3 is 2.60 bits per heavy atom. The van der Waals surface area contributed by atoms with Gasteiger partial charge in [-0.2, -0.15) is 0 Å². The van der Waals surface area contributed by atoms with Gasteiger partial charge < -0.3 is 15.1 Å². The molecule has 25 heavy (non-hydrogen) atoms. The maximum Gasteiger partial charge on any atom is 0.327 e. The van der Waals surface area contributed by atoms with Gasteiger partial charge >= 0.3 is 6.03 Å². The number of hydrogen-bond donors (Lipinski definition) is 1. The number of carbonyl (C=O) groups excluding carboxylic acids is 3. The number of nitrogens with zero attached hydrogens (tertiary/aromatic N) is 3. The largest absolute Gasteiger partial charge is 0.337 e. The summed E-state index contributed by atoms with van der Waals surface area (Å²) in [5, 5.41) is 3.28. The van der Waals surface area contributed by atoms with Crippen molar-refractivity contribution in [3.05, 3.63) is 0 Å². The number of carbonyl (C=O) groups is 3. The third kappa shape index (κ3) is 3.14. The zero-order valence-corrected chi connectivity index (χ0v) is 15.4. The summed E-state index contributed by atoms with van der Waals surface area (Å²) in [6.45, 7) is 4.28. The summed E-state index contributed by atoms with van der Waals surface area (Å²) in [7, 11) is 1.71. The third-order valence-corrected chi connectivity index (χ3v) is 6.04. The molecule has 7 heteroatoms. The molecule has 0 aromatic rings. The Bertz CT molecular complexity index is 538. The van der Waals surface area contributed by atoms with Crippen molar-refractivity contribution in [3.8, 4) is 0 Å². The maximum absolute atomic E-state index is 13.0. The molecule has 2 aliphatic heterocycles. The molecule has 0 bridgehead atoms. The van der Waals surface area contributed by atoms with Crippen LogP contribution in [0, 0.1) is 0 Å². The Balaban J connectivity index is 1.73. The van der Waals surface area contributed by atoms with Crippen LogP contribution in [-0.4, -0.2) is 77.4 Å². The number of nitrogens with one attached hydrogen (secondary N) is 1. The molecule has 3 fully saturated rings. The predicted molar refractivity (Wildman–Crippen MR) is 94.0 cm³/mol. The van der Waals surface area contributed by atoms with E-state index in [1.807, 2.05) is 11.8 Å². The van der Waals surface area contributed by atoms with E-state index in [0.717, 1.165) is 45.2 Å². The van der Waals surface area contributed by atoms with Gasteiger partial charge in [0.15, 0.2) is 0 Å². The van der Waals surface area contributed by atoms with E-state index >= 15 is 0 Å². The van der Waals surface area contributed by atoms with Crippen molar-refractivity contribution < 1.29 is 14.4 Å². The fraction of sp³-hybridized carbons (Fsp3) is 0.833.